The molecule has 0 aromatic heterocycles. The Bertz CT molecular complexity index is 677. The Hall–Kier alpha value is -1.04. The Labute approximate surface area is 151 Å². The lowest BCUT2D eigenvalue weighted by molar-refractivity contribution is -0.278. The smallest absolute Gasteiger partial charge is 0.423 e. The van der Waals surface area contributed by atoms with Crippen molar-refractivity contribution in [1.82, 2.24) is 0 Å². The summed E-state index contributed by atoms with van der Waals surface area (Å²) in [7, 11) is -6.72. The minimum Gasteiger partial charge on any atom is -0.463 e. The molecule has 12 heteroatoms. The van der Waals surface area contributed by atoms with Gasteiger partial charge < -0.3 is 4.74 Å². The van der Waals surface area contributed by atoms with Gasteiger partial charge in [0, 0.05) is 0 Å². The highest BCUT2D eigenvalue weighted by Gasteiger charge is 2.80. The lowest BCUT2D eigenvalue weighted by atomic mass is 9.49. The van der Waals surface area contributed by atoms with E-state index in [4.69, 9.17) is 4.55 Å². The van der Waals surface area contributed by atoms with Crippen molar-refractivity contribution >= 4 is 16.1 Å². The van der Waals surface area contributed by atoms with E-state index in [2.05, 4.69) is 4.74 Å². The number of hydrogen-bond donors (Lipinski definition) is 1. The summed E-state index contributed by atoms with van der Waals surface area (Å²) in [6.07, 6.45) is -9.31. The van der Waals surface area contributed by atoms with E-state index in [1.165, 1.54) is 0 Å². The molecule has 0 aromatic carbocycles. The molecule has 0 radical (unpaired) electrons. The number of alkyl halides is 6. The second-order valence-electron chi connectivity index (χ2n) is 8.07. The van der Waals surface area contributed by atoms with Gasteiger partial charge >= 0.3 is 23.1 Å². The van der Waals surface area contributed by atoms with Crippen LogP contribution < -0.4 is 0 Å². The molecule has 0 saturated heterocycles. The summed E-state index contributed by atoms with van der Waals surface area (Å²) in [5.74, 6) is -0.746. The predicted octanol–water partition coefficient (Wildman–Crippen LogP) is 3.50. The minimum absolute atomic E-state index is 0.167. The van der Waals surface area contributed by atoms with Crippen LogP contribution in [0.3, 0.4) is 0 Å². The number of ether oxygens (including phenoxy) is 1. The van der Waals surface area contributed by atoms with Crippen molar-refractivity contribution < 1.29 is 48.8 Å². The molecule has 0 aromatic rings. The van der Waals surface area contributed by atoms with Crippen molar-refractivity contribution in [1.29, 1.82) is 0 Å². The quantitative estimate of drug-likeness (QED) is 0.425. The number of hydrogen-bond acceptors (Lipinski definition) is 4. The molecule has 0 heterocycles. The van der Waals surface area contributed by atoms with Crippen LogP contribution in [-0.4, -0.2) is 42.6 Å². The van der Waals surface area contributed by atoms with E-state index >= 15 is 0 Å². The van der Waals surface area contributed by atoms with Gasteiger partial charge in [-0.1, -0.05) is 0 Å². The third-order valence-electron chi connectivity index (χ3n) is 6.23. The van der Waals surface area contributed by atoms with Crippen LogP contribution in [-0.2, 0) is 19.6 Å². The molecule has 0 atom stereocenters. The summed E-state index contributed by atoms with van der Waals surface area (Å²) in [4.78, 5) is 12.5. The van der Waals surface area contributed by atoms with Gasteiger partial charge in [-0.3, -0.25) is 9.35 Å². The standard InChI is InChI=1S/C15H18F6O5S/c16-14(17,18)13(15(19,20)21,27(23,24)25)7-26-11(22)12-4-8-1-9(5-12)3-10(2-8)6-12/h8-10H,1-7H2,(H,23,24,25). The first-order valence-electron chi connectivity index (χ1n) is 8.39. The molecule has 4 bridgehead atoms. The third kappa shape index (κ3) is 3.12. The van der Waals surface area contributed by atoms with E-state index in [0.29, 0.717) is 19.3 Å². The molecule has 0 unspecified atom stereocenters. The summed E-state index contributed by atoms with van der Waals surface area (Å²) in [5.41, 5.74) is -1.17. The van der Waals surface area contributed by atoms with Crippen molar-refractivity contribution in [2.45, 2.75) is 55.6 Å². The molecule has 4 fully saturated rings. The highest BCUT2D eigenvalue weighted by atomic mass is 32.2. The topological polar surface area (TPSA) is 80.7 Å². The molecule has 0 aliphatic heterocycles. The maximum atomic E-state index is 13.1. The lowest BCUT2D eigenvalue weighted by Crippen LogP contribution is -2.65. The molecule has 1 N–H and O–H groups in total. The summed E-state index contributed by atoms with van der Waals surface area (Å²) in [6.45, 7) is -2.56. The molecule has 27 heavy (non-hydrogen) atoms. The SMILES string of the molecule is O=C(OCC(C(F)(F)F)(C(F)(F)F)S(=O)(=O)O)C12CC3CC(CC(C3)C1)C2. The second-order valence-corrected chi connectivity index (χ2v) is 9.72. The zero-order valence-corrected chi connectivity index (χ0v) is 14.8. The number of esters is 1. The van der Waals surface area contributed by atoms with Crippen molar-refractivity contribution in [3.05, 3.63) is 0 Å². The van der Waals surface area contributed by atoms with Crippen molar-refractivity contribution in [2.24, 2.45) is 23.2 Å². The molecule has 4 aliphatic rings. The molecule has 4 saturated carbocycles. The van der Waals surface area contributed by atoms with Crippen LogP contribution in [0.4, 0.5) is 26.3 Å². The lowest BCUT2D eigenvalue weighted by Gasteiger charge is -2.55. The van der Waals surface area contributed by atoms with Crippen LogP contribution in [0.5, 0.6) is 0 Å². The van der Waals surface area contributed by atoms with E-state index < -0.39 is 45.2 Å². The Morgan fingerprint density at radius 1 is 0.926 bits per heavy atom. The van der Waals surface area contributed by atoms with Crippen LogP contribution in [0.25, 0.3) is 0 Å². The van der Waals surface area contributed by atoms with Gasteiger partial charge in [-0.15, -0.1) is 0 Å². The van der Waals surface area contributed by atoms with Gasteiger partial charge in [0.15, 0.2) is 0 Å². The summed E-state index contributed by atoms with van der Waals surface area (Å²) < 4.78 is 109. The number of carbonyl (C=O) groups excluding carboxylic acids is 1. The molecular weight excluding hydrogens is 406 g/mol. The Morgan fingerprint density at radius 2 is 1.30 bits per heavy atom. The van der Waals surface area contributed by atoms with Crippen LogP contribution >= 0.6 is 0 Å². The van der Waals surface area contributed by atoms with Gasteiger partial charge in [0.25, 0.3) is 10.1 Å². The summed E-state index contributed by atoms with van der Waals surface area (Å²) in [6, 6.07) is 0. The Balaban J connectivity index is 1.87. The fraction of sp³-hybridized carbons (Fsp3) is 0.933. The summed E-state index contributed by atoms with van der Waals surface area (Å²) >= 11 is 0. The number of carbonyl (C=O) groups is 1. The highest BCUT2D eigenvalue weighted by Crippen LogP contribution is 2.60. The monoisotopic (exact) mass is 424 g/mol. The first-order valence-corrected chi connectivity index (χ1v) is 9.83. The summed E-state index contributed by atoms with van der Waals surface area (Å²) in [5, 5.41) is 0. The molecule has 0 amide bonds. The molecule has 4 rings (SSSR count). The van der Waals surface area contributed by atoms with Crippen molar-refractivity contribution in [3.8, 4) is 0 Å². The van der Waals surface area contributed by atoms with Crippen molar-refractivity contribution in [3.63, 3.8) is 0 Å². The van der Waals surface area contributed by atoms with Gasteiger partial charge in [-0.2, -0.15) is 34.8 Å². The fourth-order valence-corrected chi connectivity index (χ4v) is 6.17. The maximum absolute atomic E-state index is 13.1. The Kier molecular flexibility index (Phi) is 4.58. The molecular formula is C15H18F6O5S. The highest BCUT2D eigenvalue weighted by molar-refractivity contribution is 7.87. The maximum Gasteiger partial charge on any atom is 0.423 e. The largest absolute Gasteiger partial charge is 0.463 e. The van der Waals surface area contributed by atoms with E-state index in [1.54, 1.807) is 0 Å². The zero-order valence-electron chi connectivity index (χ0n) is 13.9. The van der Waals surface area contributed by atoms with Crippen LogP contribution in [0.1, 0.15) is 38.5 Å². The average molecular weight is 424 g/mol. The van der Waals surface area contributed by atoms with E-state index in [-0.39, 0.29) is 17.8 Å². The van der Waals surface area contributed by atoms with E-state index in [0.717, 1.165) is 19.3 Å². The number of rotatable bonds is 4. The van der Waals surface area contributed by atoms with E-state index in [9.17, 15) is 39.6 Å². The molecule has 0 spiro atoms. The first kappa shape index (κ1) is 20.7. The minimum atomic E-state index is -6.72. The average Bonchev–Trinajstić information content (AvgIpc) is 2.41. The van der Waals surface area contributed by atoms with Crippen molar-refractivity contribution in [2.75, 3.05) is 6.61 Å². The molecule has 4 aliphatic carbocycles. The number of halogens is 6. The van der Waals surface area contributed by atoms with Gasteiger partial charge in [-0.05, 0) is 56.3 Å². The van der Waals surface area contributed by atoms with Crippen LogP contribution in [0.2, 0.25) is 0 Å². The van der Waals surface area contributed by atoms with Gasteiger partial charge in [-0.25, -0.2) is 0 Å². The molecule has 5 nitrogen and oxygen atoms in total. The third-order valence-corrected chi connectivity index (χ3v) is 7.70. The van der Waals surface area contributed by atoms with Gasteiger partial charge in [0.05, 0.1) is 5.41 Å². The fourth-order valence-electron chi connectivity index (χ4n) is 5.37. The van der Waals surface area contributed by atoms with Gasteiger partial charge in [0.2, 0.25) is 0 Å². The van der Waals surface area contributed by atoms with Gasteiger partial charge in [0.1, 0.15) is 6.61 Å². The van der Waals surface area contributed by atoms with Crippen LogP contribution in [0, 0.1) is 23.2 Å². The van der Waals surface area contributed by atoms with E-state index in [1.807, 2.05) is 0 Å². The Morgan fingerprint density at radius 3 is 1.59 bits per heavy atom. The molecule has 156 valence electrons. The second kappa shape index (κ2) is 5.98. The predicted molar refractivity (Wildman–Crippen MR) is 78.0 cm³/mol. The zero-order chi connectivity index (χ0) is 20.5. The first-order chi connectivity index (χ1) is 12.1. The van der Waals surface area contributed by atoms with Crippen LogP contribution in [0.15, 0.2) is 0 Å². The normalized spacial score (nSPS) is 34.0.